The Morgan fingerprint density at radius 1 is 1.25 bits per heavy atom. The standard InChI is InChI=1S/C13H19BrO2/c1-2-12-6-5-10(7-13(12)14)3-4-11(8-15)9-16/h5-7,11,15-16H,2-4,8-9H2,1H3. The SMILES string of the molecule is CCc1ccc(CCC(CO)CO)cc1Br. The van der Waals surface area contributed by atoms with E-state index < -0.39 is 0 Å². The summed E-state index contributed by atoms with van der Waals surface area (Å²) in [5.74, 6) is 0.00428. The summed E-state index contributed by atoms with van der Waals surface area (Å²) in [5, 5.41) is 17.9. The van der Waals surface area contributed by atoms with Crippen molar-refractivity contribution in [1.29, 1.82) is 0 Å². The van der Waals surface area contributed by atoms with E-state index in [2.05, 4.69) is 41.1 Å². The molecule has 0 radical (unpaired) electrons. The van der Waals surface area contributed by atoms with Crippen LogP contribution in [-0.2, 0) is 12.8 Å². The first kappa shape index (κ1) is 13.7. The number of aryl methyl sites for hydroxylation is 2. The highest BCUT2D eigenvalue weighted by atomic mass is 79.9. The lowest BCUT2D eigenvalue weighted by Crippen LogP contribution is -2.11. The van der Waals surface area contributed by atoms with Gasteiger partial charge in [0.2, 0.25) is 0 Å². The van der Waals surface area contributed by atoms with Crippen LogP contribution in [0.5, 0.6) is 0 Å². The molecule has 0 atom stereocenters. The van der Waals surface area contributed by atoms with Gasteiger partial charge in [-0.3, -0.25) is 0 Å². The summed E-state index contributed by atoms with van der Waals surface area (Å²) < 4.78 is 1.15. The van der Waals surface area contributed by atoms with Crippen LogP contribution in [0.2, 0.25) is 0 Å². The fourth-order valence-corrected chi connectivity index (χ4v) is 2.35. The third kappa shape index (κ3) is 3.89. The van der Waals surface area contributed by atoms with Crippen molar-refractivity contribution < 1.29 is 10.2 Å². The molecular weight excluding hydrogens is 268 g/mol. The lowest BCUT2D eigenvalue weighted by atomic mass is 10.00. The Morgan fingerprint density at radius 2 is 1.94 bits per heavy atom. The van der Waals surface area contributed by atoms with Gasteiger partial charge in [0.25, 0.3) is 0 Å². The van der Waals surface area contributed by atoms with Crippen molar-refractivity contribution in [2.75, 3.05) is 13.2 Å². The molecule has 0 bridgehead atoms. The normalized spacial score (nSPS) is 11.1. The molecule has 0 fully saturated rings. The summed E-state index contributed by atoms with van der Waals surface area (Å²) >= 11 is 3.55. The Bertz CT molecular complexity index is 322. The summed E-state index contributed by atoms with van der Waals surface area (Å²) in [6.45, 7) is 2.25. The summed E-state index contributed by atoms with van der Waals surface area (Å²) in [6.07, 6.45) is 2.75. The molecule has 0 aliphatic carbocycles. The average Bonchev–Trinajstić information content (AvgIpc) is 2.30. The van der Waals surface area contributed by atoms with Crippen LogP contribution in [0.4, 0.5) is 0 Å². The number of hydrogen-bond acceptors (Lipinski definition) is 2. The number of hydrogen-bond donors (Lipinski definition) is 2. The number of benzene rings is 1. The third-order valence-corrected chi connectivity index (χ3v) is 3.59. The van der Waals surface area contributed by atoms with Gasteiger partial charge >= 0.3 is 0 Å². The van der Waals surface area contributed by atoms with Gasteiger partial charge in [-0.25, -0.2) is 0 Å². The van der Waals surface area contributed by atoms with Gasteiger partial charge < -0.3 is 10.2 Å². The molecule has 0 aliphatic heterocycles. The van der Waals surface area contributed by atoms with Crippen LogP contribution in [0.3, 0.4) is 0 Å². The van der Waals surface area contributed by atoms with Gasteiger partial charge in [0, 0.05) is 23.6 Å². The first-order valence-electron chi connectivity index (χ1n) is 5.70. The molecule has 0 aromatic heterocycles. The summed E-state index contributed by atoms with van der Waals surface area (Å²) in [6, 6.07) is 6.38. The number of rotatable bonds is 6. The maximum atomic E-state index is 8.97. The van der Waals surface area contributed by atoms with Crippen LogP contribution in [0.25, 0.3) is 0 Å². The predicted octanol–water partition coefficient (Wildman–Crippen LogP) is 2.54. The average molecular weight is 287 g/mol. The van der Waals surface area contributed by atoms with Crippen molar-refractivity contribution in [3.8, 4) is 0 Å². The van der Waals surface area contributed by atoms with Crippen LogP contribution in [0.1, 0.15) is 24.5 Å². The highest BCUT2D eigenvalue weighted by molar-refractivity contribution is 9.10. The molecule has 0 saturated carbocycles. The smallest absolute Gasteiger partial charge is 0.0481 e. The van der Waals surface area contributed by atoms with E-state index in [0.717, 1.165) is 23.7 Å². The molecule has 0 saturated heterocycles. The van der Waals surface area contributed by atoms with Crippen molar-refractivity contribution >= 4 is 15.9 Å². The molecular formula is C13H19BrO2. The fourth-order valence-electron chi connectivity index (χ4n) is 1.64. The van der Waals surface area contributed by atoms with Gasteiger partial charge in [0.05, 0.1) is 0 Å². The van der Waals surface area contributed by atoms with E-state index in [1.807, 2.05) is 0 Å². The maximum absolute atomic E-state index is 8.97. The predicted molar refractivity (Wildman–Crippen MR) is 69.5 cm³/mol. The first-order chi connectivity index (χ1) is 7.71. The Balaban J connectivity index is 2.58. The van der Waals surface area contributed by atoms with Crippen molar-refractivity contribution in [3.63, 3.8) is 0 Å². The molecule has 3 heteroatoms. The van der Waals surface area contributed by atoms with E-state index in [1.54, 1.807) is 0 Å². The van der Waals surface area contributed by atoms with Crippen molar-refractivity contribution in [2.24, 2.45) is 5.92 Å². The van der Waals surface area contributed by atoms with Gasteiger partial charge in [-0.15, -0.1) is 0 Å². The van der Waals surface area contributed by atoms with E-state index in [0.29, 0.717) is 0 Å². The molecule has 1 rings (SSSR count). The Morgan fingerprint density at radius 3 is 2.44 bits per heavy atom. The molecule has 0 aliphatic rings. The van der Waals surface area contributed by atoms with Crippen molar-refractivity contribution in [2.45, 2.75) is 26.2 Å². The second-order valence-corrected chi connectivity index (χ2v) is 4.90. The van der Waals surface area contributed by atoms with Crippen molar-refractivity contribution in [1.82, 2.24) is 0 Å². The molecule has 2 nitrogen and oxygen atoms in total. The second-order valence-electron chi connectivity index (χ2n) is 4.05. The van der Waals surface area contributed by atoms with Crippen molar-refractivity contribution in [3.05, 3.63) is 33.8 Å². The van der Waals surface area contributed by atoms with Gasteiger partial charge in [0.1, 0.15) is 0 Å². The van der Waals surface area contributed by atoms with E-state index in [-0.39, 0.29) is 19.1 Å². The number of aliphatic hydroxyl groups excluding tert-OH is 2. The molecule has 0 amide bonds. The Hall–Kier alpha value is -0.380. The zero-order valence-corrected chi connectivity index (χ0v) is 11.2. The second kappa shape index (κ2) is 7.05. The molecule has 90 valence electrons. The largest absolute Gasteiger partial charge is 0.396 e. The maximum Gasteiger partial charge on any atom is 0.0481 e. The molecule has 0 spiro atoms. The van der Waals surface area contributed by atoms with Crippen LogP contribution in [0, 0.1) is 5.92 Å². The molecule has 0 heterocycles. The number of halogens is 1. The molecule has 1 aromatic carbocycles. The lowest BCUT2D eigenvalue weighted by molar-refractivity contribution is 0.144. The summed E-state index contributed by atoms with van der Waals surface area (Å²) in [7, 11) is 0. The lowest BCUT2D eigenvalue weighted by Gasteiger charge is -2.11. The summed E-state index contributed by atoms with van der Waals surface area (Å²) in [5.41, 5.74) is 2.56. The Kier molecular flexibility index (Phi) is 6.03. The summed E-state index contributed by atoms with van der Waals surface area (Å²) in [4.78, 5) is 0. The van der Waals surface area contributed by atoms with Gasteiger partial charge in [0.15, 0.2) is 0 Å². The minimum atomic E-state index is 0.00428. The molecule has 16 heavy (non-hydrogen) atoms. The van der Waals surface area contributed by atoms with Crippen LogP contribution >= 0.6 is 15.9 Å². The van der Waals surface area contributed by atoms with Crippen LogP contribution in [-0.4, -0.2) is 23.4 Å². The quantitative estimate of drug-likeness (QED) is 0.844. The monoisotopic (exact) mass is 286 g/mol. The highest BCUT2D eigenvalue weighted by Gasteiger charge is 2.06. The Labute approximate surface area is 105 Å². The van der Waals surface area contributed by atoms with Gasteiger partial charge in [-0.05, 0) is 36.5 Å². The van der Waals surface area contributed by atoms with E-state index in [9.17, 15) is 0 Å². The topological polar surface area (TPSA) is 40.5 Å². The zero-order chi connectivity index (χ0) is 12.0. The highest BCUT2D eigenvalue weighted by Crippen LogP contribution is 2.20. The number of aliphatic hydroxyl groups is 2. The zero-order valence-electron chi connectivity index (χ0n) is 9.62. The minimum absolute atomic E-state index is 0.00428. The van der Waals surface area contributed by atoms with E-state index in [4.69, 9.17) is 10.2 Å². The van der Waals surface area contributed by atoms with E-state index in [1.165, 1.54) is 11.1 Å². The molecule has 1 aromatic rings. The van der Waals surface area contributed by atoms with Gasteiger partial charge in [-0.1, -0.05) is 35.0 Å². The van der Waals surface area contributed by atoms with Gasteiger partial charge in [-0.2, -0.15) is 0 Å². The first-order valence-corrected chi connectivity index (χ1v) is 6.49. The molecule has 2 N–H and O–H groups in total. The van der Waals surface area contributed by atoms with E-state index >= 15 is 0 Å². The fraction of sp³-hybridized carbons (Fsp3) is 0.538. The minimum Gasteiger partial charge on any atom is -0.396 e. The molecule has 0 unspecified atom stereocenters. The van der Waals surface area contributed by atoms with Crippen LogP contribution < -0.4 is 0 Å². The van der Waals surface area contributed by atoms with Crippen LogP contribution in [0.15, 0.2) is 22.7 Å². The third-order valence-electron chi connectivity index (χ3n) is 2.86.